The Morgan fingerprint density at radius 1 is 1.41 bits per heavy atom. The molecule has 0 aliphatic carbocycles. The van der Waals surface area contributed by atoms with E-state index >= 15 is 0 Å². The molecule has 2 heterocycles. The minimum Gasteiger partial charge on any atom is -0.368 e. The average Bonchev–Trinajstić information content (AvgIpc) is 2.61. The molecule has 1 amide bonds. The van der Waals surface area contributed by atoms with Gasteiger partial charge in [0.15, 0.2) is 0 Å². The van der Waals surface area contributed by atoms with Crippen LogP contribution in [0.5, 0.6) is 0 Å². The molecule has 0 aromatic heterocycles. The smallest absolute Gasteiger partial charge is 0.248 e. The largest absolute Gasteiger partial charge is 0.368 e. The number of ether oxygens (including phenoxy) is 1. The molecule has 0 saturated carbocycles. The first-order valence-electron chi connectivity index (χ1n) is 7.55. The van der Waals surface area contributed by atoms with Crippen molar-refractivity contribution < 1.29 is 13.9 Å². The highest BCUT2D eigenvalue weighted by atomic mass is 35.5. The molecule has 2 saturated heterocycles. The van der Waals surface area contributed by atoms with Gasteiger partial charge in [0.05, 0.1) is 6.10 Å². The van der Waals surface area contributed by atoms with Crippen LogP contribution < -0.4 is 0 Å². The highest BCUT2D eigenvalue weighted by Crippen LogP contribution is 2.26. The van der Waals surface area contributed by atoms with Crippen LogP contribution in [0.2, 0.25) is 5.02 Å². The number of carbonyl (C=O) groups is 1. The van der Waals surface area contributed by atoms with Gasteiger partial charge in [0.1, 0.15) is 12.4 Å². The van der Waals surface area contributed by atoms with Crippen LogP contribution in [0.4, 0.5) is 4.39 Å². The zero-order chi connectivity index (χ0) is 15.7. The van der Waals surface area contributed by atoms with E-state index in [-0.39, 0.29) is 24.4 Å². The average molecular weight is 327 g/mol. The van der Waals surface area contributed by atoms with Crippen molar-refractivity contribution in [1.82, 2.24) is 9.80 Å². The number of likely N-dealkylation sites (N-methyl/N-ethyl adjacent to an activating group) is 1. The Morgan fingerprint density at radius 2 is 2.23 bits per heavy atom. The van der Waals surface area contributed by atoms with Gasteiger partial charge in [-0.05, 0) is 24.1 Å². The second-order valence-electron chi connectivity index (χ2n) is 6.14. The van der Waals surface area contributed by atoms with Crippen LogP contribution in [-0.2, 0) is 16.1 Å². The fourth-order valence-electron chi connectivity index (χ4n) is 3.26. The third kappa shape index (κ3) is 3.42. The van der Waals surface area contributed by atoms with Gasteiger partial charge in [-0.3, -0.25) is 9.69 Å². The molecule has 0 spiro atoms. The fourth-order valence-corrected chi connectivity index (χ4v) is 3.48. The number of likely N-dealkylation sites (tertiary alicyclic amines) is 1. The summed E-state index contributed by atoms with van der Waals surface area (Å²) in [6.45, 7) is 3.35. The van der Waals surface area contributed by atoms with Crippen molar-refractivity contribution in [2.45, 2.75) is 19.1 Å². The first-order valence-corrected chi connectivity index (χ1v) is 7.92. The van der Waals surface area contributed by atoms with Crippen molar-refractivity contribution in [3.63, 3.8) is 0 Å². The molecule has 3 rings (SSSR count). The molecule has 2 fully saturated rings. The molecule has 4 nitrogen and oxygen atoms in total. The van der Waals surface area contributed by atoms with E-state index in [0.717, 1.165) is 31.6 Å². The fraction of sp³-hybridized carbons (Fsp3) is 0.562. The van der Waals surface area contributed by atoms with Crippen LogP contribution in [0.1, 0.15) is 12.0 Å². The normalized spacial score (nSPS) is 26.7. The predicted molar refractivity (Wildman–Crippen MR) is 82.2 cm³/mol. The van der Waals surface area contributed by atoms with Crippen molar-refractivity contribution in [3.8, 4) is 0 Å². The standard InChI is InChI=1S/C16H20ClFN2O2/c1-19-7-12-9-20(5-4-15(12)22-10-16(19)21)8-11-2-3-13(18)6-14(11)17/h2-3,6,12,15H,4-5,7-10H2,1H3/t12-,15-/m0/s1. The number of amides is 1. The Labute approximate surface area is 134 Å². The molecule has 1 aromatic rings. The number of fused-ring (bicyclic) bond motifs is 1. The number of hydrogen-bond donors (Lipinski definition) is 0. The number of rotatable bonds is 2. The zero-order valence-corrected chi connectivity index (χ0v) is 13.4. The summed E-state index contributed by atoms with van der Waals surface area (Å²) in [4.78, 5) is 15.8. The quantitative estimate of drug-likeness (QED) is 0.835. The number of nitrogens with zero attached hydrogens (tertiary/aromatic N) is 2. The maximum absolute atomic E-state index is 13.1. The first-order chi connectivity index (χ1) is 10.5. The summed E-state index contributed by atoms with van der Waals surface area (Å²) in [5, 5.41) is 0.464. The molecule has 1 aromatic carbocycles. The Balaban J connectivity index is 1.66. The highest BCUT2D eigenvalue weighted by Gasteiger charge is 2.34. The molecule has 0 bridgehead atoms. The Kier molecular flexibility index (Phi) is 4.66. The van der Waals surface area contributed by atoms with Crippen molar-refractivity contribution in [3.05, 3.63) is 34.6 Å². The Bertz CT molecular complexity index is 569. The minimum atomic E-state index is -0.315. The Hall–Kier alpha value is -1.17. The number of halogens is 2. The van der Waals surface area contributed by atoms with Crippen molar-refractivity contribution >= 4 is 17.5 Å². The SMILES string of the molecule is CN1C[C@H]2CN(Cc3ccc(F)cc3Cl)CC[C@@H]2OCC1=O. The maximum atomic E-state index is 13.1. The van der Waals surface area contributed by atoms with E-state index < -0.39 is 0 Å². The van der Waals surface area contributed by atoms with E-state index in [9.17, 15) is 9.18 Å². The van der Waals surface area contributed by atoms with E-state index in [0.29, 0.717) is 17.5 Å². The summed E-state index contributed by atoms with van der Waals surface area (Å²) in [5.74, 6) is 0.0386. The number of piperidine rings is 1. The summed E-state index contributed by atoms with van der Waals surface area (Å²) in [6.07, 6.45) is 1.05. The molecule has 2 aliphatic heterocycles. The monoisotopic (exact) mass is 326 g/mol. The molecular formula is C16H20ClFN2O2. The van der Waals surface area contributed by atoms with Gasteiger partial charge in [-0.15, -0.1) is 0 Å². The number of benzene rings is 1. The van der Waals surface area contributed by atoms with Crippen LogP contribution in [0.15, 0.2) is 18.2 Å². The van der Waals surface area contributed by atoms with Crippen LogP contribution in [-0.4, -0.2) is 55.1 Å². The molecule has 0 N–H and O–H groups in total. The summed E-state index contributed by atoms with van der Waals surface area (Å²) in [7, 11) is 1.82. The van der Waals surface area contributed by atoms with Crippen LogP contribution >= 0.6 is 11.6 Å². The van der Waals surface area contributed by atoms with E-state index in [1.54, 1.807) is 11.0 Å². The van der Waals surface area contributed by atoms with Gasteiger partial charge in [-0.2, -0.15) is 0 Å². The summed E-state index contributed by atoms with van der Waals surface area (Å²) in [5.41, 5.74) is 0.931. The van der Waals surface area contributed by atoms with Gasteiger partial charge in [0, 0.05) is 44.2 Å². The molecule has 2 atom stereocenters. The van der Waals surface area contributed by atoms with E-state index in [1.165, 1.54) is 12.1 Å². The molecule has 0 radical (unpaired) electrons. The van der Waals surface area contributed by atoms with Crippen LogP contribution in [0.3, 0.4) is 0 Å². The molecule has 2 aliphatic rings. The number of hydrogen-bond acceptors (Lipinski definition) is 3. The third-order valence-corrected chi connectivity index (χ3v) is 4.86. The van der Waals surface area contributed by atoms with Crippen LogP contribution in [0.25, 0.3) is 0 Å². The van der Waals surface area contributed by atoms with Crippen molar-refractivity contribution in [2.75, 3.05) is 33.3 Å². The van der Waals surface area contributed by atoms with Gasteiger partial charge in [0.2, 0.25) is 5.91 Å². The van der Waals surface area contributed by atoms with E-state index in [4.69, 9.17) is 16.3 Å². The Morgan fingerprint density at radius 3 is 3.00 bits per heavy atom. The van der Waals surface area contributed by atoms with Gasteiger partial charge < -0.3 is 9.64 Å². The molecule has 120 valence electrons. The molecule has 6 heteroatoms. The van der Waals surface area contributed by atoms with E-state index in [2.05, 4.69) is 4.90 Å². The third-order valence-electron chi connectivity index (χ3n) is 4.51. The zero-order valence-electron chi connectivity index (χ0n) is 12.6. The molecule has 0 unspecified atom stereocenters. The summed E-state index contributed by atoms with van der Waals surface area (Å²) < 4.78 is 18.9. The van der Waals surface area contributed by atoms with Gasteiger partial charge in [0.25, 0.3) is 0 Å². The second-order valence-corrected chi connectivity index (χ2v) is 6.55. The lowest BCUT2D eigenvalue weighted by molar-refractivity contribution is -0.133. The van der Waals surface area contributed by atoms with Gasteiger partial charge in [-0.25, -0.2) is 4.39 Å². The lowest BCUT2D eigenvalue weighted by Crippen LogP contribution is -2.46. The predicted octanol–water partition coefficient (Wildman–Crippen LogP) is 2.16. The summed E-state index contributed by atoms with van der Waals surface area (Å²) >= 11 is 6.11. The van der Waals surface area contributed by atoms with Gasteiger partial charge >= 0.3 is 0 Å². The maximum Gasteiger partial charge on any atom is 0.248 e. The minimum absolute atomic E-state index is 0.0440. The molecule has 22 heavy (non-hydrogen) atoms. The summed E-state index contributed by atoms with van der Waals surface area (Å²) in [6, 6.07) is 4.53. The molecular weight excluding hydrogens is 307 g/mol. The lowest BCUT2D eigenvalue weighted by atomic mass is 9.94. The van der Waals surface area contributed by atoms with E-state index in [1.807, 2.05) is 7.05 Å². The topological polar surface area (TPSA) is 32.8 Å². The van der Waals surface area contributed by atoms with Crippen molar-refractivity contribution in [2.24, 2.45) is 5.92 Å². The number of carbonyl (C=O) groups excluding carboxylic acids is 1. The highest BCUT2D eigenvalue weighted by molar-refractivity contribution is 6.31. The first kappa shape index (κ1) is 15.7. The van der Waals surface area contributed by atoms with Gasteiger partial charge in [-0.1, -0.05) is 17.7 Å². The van der Waals surface area contributed by atoms with Crippen molar-refractivity contribution in [1.29, 1.82) is 0 Å². The van der Waals surface area contributed by atoms with Crippen LogP contribution in [0, 0.1) is 11.7 Å². The lowest BCUT2D eigenvalue weighted by Gasteiger charge is -2.37. The second kappa shape index (κ2) is 6.52.